The van der Waals surface area contributed by atoms with Crippen molar-refractivity contribution in [3.05, 3.63) is 12.7 Å². The first kappa shape index (κ1) is 19.8. The van der Waals surface area contributed by atoms with Crippen LogP contribution in [-0.2, 0) is 38.1 Å². The molecule has 3 aliphatic rings. The molecule has 2 heterocycles. The third-order valence-corrected chi connectivity index (χ3v) is 5.24. The summed E-state index contributed by atoms with van der Waals surface area (Å²) < 4.78 is 26.1. The van der Waals surface area contributed by atoms with Crippen LogP contribution >= 0.6 is 0 Å². The van der Waals surface area contributed by atoms with Crippen molar-refractivity contribution in [3.63, 3.8) is 0 Å². The van der Waals surface area contributed by atoms with Gasteiger partial charge in [-0.15, -0.1) is 0 Å². The fraction of sp³-hybridized carbons (Fsp3) is 0.737. The number of carbonyl (C=O) groups excluding carboxylic acids is 3. The van der Waals surface area contributed by atoms with Gasteiger partial charge in [0.05, 0.1) is 25.0 Å². The predicted molar refractivity (Wildman–Crippen MR) is 91.5 cm³/mol. The Balaban J connectivity index is 1.60. The zero-order valence-corrected chi connectivity index (χ0v) is 15.5. The topological polar surface area (TPSA) is 104 Å². The molecule has 0 aromatic rings. The first-order valence-electron chi connectivity index (χ1n) is 9.37. The van der Waals surface area contributed by atoms with Crippen molar-refractivity contribution < 1.29 is 38.1 Å². The highest BCUT2D eigenvalue weighted by Crippen LogP contribution is 2.38. The fourth-order valence-electron chi connectivity index (χ4n) is 3.45. The van der Waals surface area contributed by atoms with E-state index in [1.807, 2.05) is 0 Å². The molecule has 0 radical (unpaired) electrons. The van der Waals surface area contributed by atoms with Crippen molar-refractivity contribution in [2.24, 2.45) is 17.8 Å². The SMILES string of the molecule is C=CC(=O)OC(C)C1CC(C(=O)OCC2CO2)CCC1C(=O)OCC1CO1. The number of epoxide rings is 2. The van der Waals surface area contributed by atoms with Crippen LogP contribution in [0.3, 0.4) is 0 Å². The summed E-state index contributed by atoms with van der Waals surface area (Å²) in [5.74, 6) is -2.30. The van der Waals surface area contributed by atoms with Gasteiger partial charge in [-0.1, -0.05) is 6.58 Å². The molecule has 8 heteroatoms. The number of rotatable bonds is 9. The van der Waals surface area contributed by atoms with E-state index in [1.54, 1.807) is 6.92 Å². The van der Waals surface area contributed by atoms with Crippen LogP contribution in [0.2, 0.25) is 0 Å². The zero-order valence-electron chi connectivity index (χ0n) is 15.5. The highest BCUT2D eigenvalue weighted by molar-refractivity contribution is 5.81. The lowest BCUT2D eigenvalue weighted by Gasteiger charge is -2.36. The molecule has 0 amide bonds. The normalized spacial score (nSPS) is 32.7. The number of carbonyl (C=O) groups is 3. The minimum atomic E-state index is -0.559. The maximum Gasteiger partial charge on any atom is 0.330 e. The lowest BCUT2D eigenvalue weighted by molar-refractivity contribution is -0.164. The molecular formula is C19H26O8. The van der Waals surface area contributed by atoms with Crippen LogP contribution in [0.1, 0.15) is 26.2 Å². The Morgan fingerprint density at radius 1 is 1.07 bits per heavy atom. The van der Waals surface area contributed by atoms with E-state index in [9.17, 15) is 14.4 Å². The average Bonchev–Trinajstić information content (AvgIpc) is 3.57. The predicted octanol–water partition coefficient (Wildman–Crippen LogP) is 1.02. The van der Waals surface area contributed by atoms with Gasteiger partial charge in [-0.3, -0.25) is 9.59 Å². The second-order valence-electron chi connectivity index (χ2n) is 7.30. The minimum Gasteiger partial charge on any atom is -0.463 e. The summed E-state index contributed by atoms with van der Waals surface area (Å²) in [4.78, 5) is 36.5. The average molecular weight is 382 g/mol. The van der Waals surface area contributed by atoms with Crippen LogP contribution in [0.5, 0.6) is 0 Å². The van der Waals surface area contributed by atoms with Gasteiger partial charge in [0.2, 0.25) is 0 Å². The molecule has 150 valence electrons. The van der Waals surface area contributed by atoms with Gasteiger partial charge < -0.3 is 23.7 Å². The van der Waals surface area contributed by atoms with E-state index >= 15 is 0 Å². The van der Waals surface area contributed by atoms with Crippen LogP contribution in [0.25, 0.3) is 0 Å². The van der Waals surface area contributed by atoms with Crippen molar-refractivity contribution in [3.8, 4) is 0 Å². The molecular weight excluding hydrogens is 356 g/mol. The number of ether oxygens (including phenoxy) is 5. The van der Waals surface area contributed by atoms with Crippen LogP contribution < -0.4 is 0 Å². The first-order chi connectivity index (χ1) is 13.0. The molecule has 0 N–H and O–H groups in total. The largest absolute Gasteiger partial charge is 0.463 e. The highest BCUT2D eigenvalue weighted by Gasteiger charge is 2.43. The van der Waals surface area contributed by atoms with Gasteiger partial charge in [-0.05, 0) is 26.2 Å². The summed E-state index contributed by atoms with van der Waals surface area (Å²) in [5, 5.41) is 0. The molecule has 0 aromatic carbocycles. The lowest BCUT2D eigenvalue weighted by Crippen LogP contribution is -2.41. The fourth-order valence-corrected chi connectivity index (χ4v) is 3.45. The third-order valence-electron chi connectivity index (χ3n) is 5.24. The Morgan fingerprint density at radius 2 is 1.67 bits per heavy atom. The Bertz CT molecular complexity index is 580. The molecule has 2 saturated heterocycles. The highest BCUT2D eigenvalue weighted by atomic mass is 16.6. The van der Waals surface area contributed by atoms with Crippen molar-refractivity contribution in [1.29, 1.82) is 0 Å². The van der Waals surface area contributed by atoms with Crippen molar-refractivity contribution >= 4 is 17.9 Å². The molecule has 0 spiro atoms. The molecule has 3 fully saturated rings. The molecule has 2 aliphatic heterocycles. The Morgan fingerprint density at radius 3 is 2.22 bits per heavy atom. The van der Waals surface area contributed by atoms with Crippen molar-refractivity contribution in [1.82, 2.24) is 0 Å². The summed E-state index contributed by atoms with van der Waals surface area (Å²) >= 11 is 0. The minimum absolute atomic E-state index is 0.00757. The van der Waals surface area contributed by atoms with Gasteiger partial charge in [-0.2, -0.15) is 0 Å². The summed E-state index contributed by atoms with van der Waals surface area (Å²) in [6.07, 6.45) is 1.93. The molecule has 0 bridgehead atoms. The zero-order chi connectivity index (χ0) is 19.4. The van der Waals surface area contributed by atoms with Gasteiger partial charge in [0.15, 0.2) is 0 Å². The lowest BCUT2D eigenvalue weighted by atomic mass is 9.71. The molecule has 8 nitrogen and oxygen atoms in total. The quantitative estimate of drug-likeness (QED) is 0.252. The standard InChI is InChI=1S/C19H26O8/c1-3-17(20)27-11(2)16-6-12(18(21)25-9-13-7-23-13)4-5-15(16)19(22)26-10-14-8-24-14/h3,11-16H,1,4-10H2,2H3. The van der Waals surface area contributed by atoms with E-state index < -0.39 is 18.0 Å². The second-order valence-corrected chi connectivity index (χ2v) is 7.30. The van der Waals surface area contributed by atoms with Gasteiger partial charge in [0, 0.05) is 12.0 Å². The molecule has 0 aromatic heterocycles. The number of esters is 3. The maximum atomic E-state index is 12.5. The van der Waals surface area contributed by atoms with Crippen molar-refractivity contribution in [2.75, 3.05) is 26.4 Å². The van der Waals surface area contributed by atoms with E-state index in [2.05, 4.69) is 6.58 Å². The van der Waals surface area contributed by atoms with Gasteiger partial charge in [0.1, 0.15) is 31.5 Å². The summed E-state index contributed by atoms with van der Waals surface area (Å²) in [5.41, 5.74) is 0. The summed E-state index contributed by atoms with van der Waals surface area (Å²) in [6.45, 7) is 6.83. The van der Waals surface area contributed by atoms with Gasteiger partial charge >= 0.3 is 17.9 Å². The summed E-state index contributed by atoms with van der Waals surface area (Å²) in [6, 6.07) is 0. The van der Waals surface area contributed by atoms with Crippen LogP contribution in [0.4, 0.5) is 0 Å². The second kappa shape index (κ2) is 8.84. The number of hydrogen-bond acceptors (Lipinski definition) is 8. The molecule has 1 aliphatic carbocycles. The van der Waals surface area contributed by atoms with E-state index in [-0.39, 0.29) is 49.2 Å². The Labute approximate surface area is 158 Å². The smallest absolute Gasteiger partial charge is 0.330 e. The molecule has 27 heavy (non-hydrogen) atoms. The maximum absolute atomic E-state index is 12.5. The van der Waals surface area contributed by atoms with E-state index in [1.165, 1.54) is 0 Å². The van der Waals surface area contributed by atoms with Gasteiger partial charge in [0.25, 0.3) is 0 Å². The molecule has 3 rings (SSSR count). The van der Waals surface area contributed by atoms with Crippen LogP contribution in [-0.4, -0.2) is 62.6 Å². The Hall–Kier alpha value is -1.93. The monoisotopic (exact) mass is 382 g/mol. The van der Waals surface area contributed by atoms with E-state index in [0.717, 1.165) is 6.08 Å². The molecule has 6 atom stereocenters. The third kappa shape index (κ3) is 5.77. The van der Waals surface area contributed by atoms with Crippen LogP contribution in [0, 0.1) is 17.8 Å². The summed E-state index contributed by atoms with van der Waals surface area (Å²) in [7, 11) is 0. The molecule has 1 saturated carbocycles. The first-order valence-corrected chi connectivity index (χ1v) is 9.37. The van der Waals surface area contributed by atoms with E-state index in [0.29, 0.717) is 32.5 Å². The number of hydrogen-bond donors (Lipinski definition) is 0. The van der Waals surface area contributed by atoms with Crippen molar-refractivity contribution in [2.45, 2.75) is 44.5 Å². The Kier molecular flexibility index (Phi) is 6.49. The van der Waals surface area contributed by atoms with Crippen LogP contribution in [0.15, 0.2) is 12.7 Å². The molecule has 6 unspecified atom stereocenters. The van der Waals surface area contributed by atoms with Gasteiger partial charge in [-0.25, -0.2) is 4.79 Å². The van der Waals surface area contributed by atoms with E-state index in [4.69, 9.17) is 23.7 Å².